The lowest BCUT2D eigenvalue weighted by Gasteiger charge is -2.19. The highest BCUT2D eigenvalue weighted by Gasteiger charge is 2.24. The molecule has 9 nitrogen and oxygen atoms in total. The molecule has 3 aromatic rings. The van der Waals surface area contributed by atoms with Crippen LogP contribution in [-0.2, 0) is 32.0 Å². The van der Waals surface area contributed by atoms with Crippen molar-refractivity contribution in [3.8, 4) is 11.1 Å². The fourth-order valence-electron chi connectivity index (χ4n) is 3.83. The van der Waals surface area contributed by atoms with Gasteiger partial charge in [0, 0.05) is 13.0 Å². The van der Waals surface area contributed by atoms with E-state index < -0.39 is 36.5 Å². The molecule has 0 radical (unpaired) electrons. The molecule has 0 heterocycles. The van der Waals surface area contributed by atoms with E-state index in [-0.39, 0.29) is 23.6 Å². The van der Waals surface area contributed by atoms with Crippen LogP contribution in [0.5, 0.6) is 0 Å². The Balaban J connectivity index is 1.74. The summed E-state index contributed by atoms with van der Waals surface area (Å²) >= 11 is 6.11. The molecule has 1 atom stereocenters. The van der Waals surface area contributed by atoms with E-state index in [1.807, 2.05) is 42.5 Å². The van der Waals surface area contributed by atoms with E-state index in [0.717, 1.165) is 27.2 Å². The molecule has 0 aliphatic carbocycles. The number of carboxylic acid groups (broad SMARTS) is 1. The van der Waals surface area contributed by atoms with Gasteiger partial charge in [-0.2, -0.15) is 0 Å². The Morgan fingerprint density at radius 1 is 0.895 bits per heavy atom. The molecule has 0 fully saturated rings. The van der Waals surface area contributed by atoms with Crippen molar-refractivity contribution >= 4 is 35.5 Å². The first-order chi connectivity index (χ1) is 18.2. The number of methoxy groups -OCH3 is 2. The second-order valence-electron chi connectivity index (χ2n) is 8.35. The SMILES string of the molecule is COC(=O)[C@H](Cc1ccc(-c2cccc(CN(CC(=O)O)C(=O)OC)c2)cc1)NC(=O)c1ccccc1Cl. The summed E-state index contributed by atoms with van der Waals surface area (Å²) in [5.41, 5.74) is 3.50. The summed E-state index contributed by atoms with van der Waals surface area (Å²) in [6.45, 7) is -0.420. The molecule has 3 aromatic carbocycles. The van der Waals surface area contributed by atoms with Gasteiger partial charge in [-0.3, -0.25) is 14.5 Å². The van der Waals surface area contributed by atoms with Crippen LogP contribution in [0.1, 0.15) is 21.5 Å². The molecule has 0 unspecified atom stereocenters. The number of ether oxygens (including phenoxy) is 2. The van der Waals surface area contributed by atoms with Crippen LogP contribution in [-0.4, -0.2) is 60.8 Å². The normalized spacial score (nSPS) is 11.2. The summed E-state index contributed by atoms with van der Waals surface area (Å²) in [7, 11) is 2.45. The largest absolute Gasteiger partial charge is 0.480 e. The third-order valence-electron chi connectivity index (χ3n) is 5.70. The number of aliphatic carboxylic acids is 1. The van der Waals surface area contributed by atoms with E-state index in [1.165, 1.54) is 14.2 Å². The van der Waals surface area contributed by atoms with Gasteiger partial charge in [0.25, 0.3) is 5.91 Å². The van der Waals surface area contributed by atoms with Gasteiger partial charge in [-0.1, -0.05) is 66.2 Å². The van der Waals surface area contributed by atoms with E-state index in [0.29, 0.717) is 0 Å². The van der Waals surface area contributed by atoms with Gasteiger partial charge in [0.2, 0.25) is 0 Å². The molecule has 2 amide bonds. The molecule has 0 saturated heterocycles. The highest BCUT2D eigenvalue weighted by Crippen LogP contribution is 2.23. The Morgan fingerprint density at radius 2 is 1.61 bits per heavy atom. The lowest BCUT2D eigenvalue weighted by atomic mass is 9.99. The molecule has 0 spiro atoms. The predicted molar refractivity (Wildman–Crippen MR) is 141 cm³/mol. The number of nitrogens with one attached hydrogen (secondary N) is 1. The van der Waals surface area contributed by atoms with Crippen LogP contribution in [0.4, 0.5) is 4.79 Å². The monoisotopic (exact) mass is 538 g/mol. The van der Waals surface area contributed by atoms with Gasteiger partial charge in [-0.15, -0.1) is 0 Å². The van der Waals surface area contributed by atoms with Crippen molar-refractivity contribution in [2.24, 2.45) is 0 Å². The lowest BCUT2D eigenvalue weighted by Crippen LogP contribution is -2.43. The van der Waals surface area contributed by atoms with Crippen molar-refractivity contribution in [2.45, 2.75) is 19.0 Å². The van der Waals surface area contributed by atoms with Crippen LogP contribution in [0, 0.1) is 0 Å². The Morgan fingerprint density at radius 3 is 2.24 bits per heavy atom. The molecule has 0 saturated carbocycles. The summed E-state index contributed by atoms with van der Waals surface area (Å²) in [5, 5.41) is 12.1. The van der Waals surface area contributed by atoms with Crippen LogP contribution >= 0.6 is 11.6 Å². The summed E-state index contributed by atoms with van der Waals surface area (Å²) in [5.74, 6) is -2.21. The quantitative estimate of drug-likeness (QED) is 0.371. The Hall–Kier alpha value is -4.37. The summed E-state index contributed by atoms with van der Waals surface area (Å²) in [6, 6.07) is 20.4. The zero-order valence-corrected chi connectivity index (χ0v) is 21.6. The molecular formula is C28H27ClN2O7. The number of carbonyl (C=O) groups excluding carboxylic acids is 3. The average molecular weight is 539 g/mol. The Labute approximate surface area is 224 Å². The number of esters is 1. The Bertz CT molecular complexity index is 1310. The average Bonchev–Trinajstić information content (AvgIpc) is 2.92. The predicted octanol–water partition coefficient (Wildman–Crippen LogP) is 4.17. The van der Waals surface area contributed by atoms with E-state index in [9.17, 15) is 19.2 Å². The first-order valence-electron chi connectivity index (χ1n) is 11.6. The fraction of sp³-hybridized carbons (Fsp3) is 0.214. The van der Waals surface area contributed by atoms with Crippen LogP contribution in [0.2, 0.25) is 5.02 Å². The smallest absolute Gasteiger partial charge is 0.410 e. The van der Waals surface area contributed by atoms with Crippen molar-refractivity contribution < 1.29 is 33.8 Å². The van der Waals surface area contributed by atoms with Gasteiger partial charge in [0.05, 0.1) is 24.8 Å². The van der Waals surface area contributed by atoms with Gasteiger partial charge in [-0.25, -0.2) is 9.59 Å². The van der Waals surface area contributed by atoms with Crippen LogP contribution in [0.3, 0.4) is 0 Å². The number of carboxylic acids is 1. The van der Waals surface area contributed by atoms with Crippen molar-refractivity contribution in [2.75, 3.05) is 20.8 Å². The first-order valence-corrected chi connectivity index (χ1v) is 12.0. The van der Waals surface area contributed by atoms with Crippen LogP contribution < -0.4 is 5.32 Å². The number of benzene rings is 3. The third kappa shape index (κ3) is 7.57. The molecule has 0 aliphatic rings. The number of carbonyl (C=O) groups is 4. The molecule has 38 heavy (non-hydrogen) atoms. The summed E-state index contributed by atoms with van der Waals surface area (Å²) in [6.07, 6.45) is -0.532. The Kier molecular flexibility index (Phi) is 9.84. The van der Waals surface area contributed by atoms with Crippen molar-refractivity contribution in [3.63, 3.8) is 0 Å². The van der Waals surface area contributed by atoms with Gasteiger partial charge >= 0.3 is 18.0 Å². The summed E-state index contributed by atoms with van der Waals surface area (Å²) < 4.78 is 9.56. The van der Waals surface area contributed by atoms with Gasteiger partial charge in [0.1, 0.15) is 12.6 Å². The fourth-order valence-corrected chi connectivity index (χ4v) is 4.05. The second kappa shape index (κ2) is 13.3. The van der Waals surface area contributed by atoms with E-state index >= 15 is 0 Å². The highest BCUT2D eigenvalue weighted by molar-refractivity contribution is 6.33. The van der Waals surface area contributed by atoms with Crippen LogP contribution in [0.15, 0.2) is 72.8 Å². The molecular weight excluding hydrogens is 512 g/mol. The number of nitrogens with zero attached hydrogens (tertiary/aromatic N) is 1. The minimum atomic E-state index is -1.14. The van der Waals surface area contributed by atoms with Crippen molar-refractivity contribution in [3.05, 3.63) is 94.5 Å². The molecule has 0 aliphatic heterocycles. The first kappa shape index (κ1) is 28.2. The molecule has 10 heteroatoms. The standard InChI is InChI=1S/C28H27ClN2O7/c1-37-27(35)24(30-26(34)22-8-3-4-9-23(22)29)15-18-10-12-20(13-11-18)21-7-5-6-19(14-21)16-31(17-25(32)33)28(36)38-2/h3-14,24H,15-17H2,1-2H3,(H,30,34)(H,32,33)/t24-/m0/s1. The van der Waals surface area contributed by atoms with E-state index in [2.05, 4.69) is 10.1 Å². The third-order valence-corrected chi connectivity index (χ3v) is 6.03. The maximum Gasteiger partial charge on any atom is 0.410 e. The zero-order chi connectivity index (χ0) is 27.7. The number of hydrogen-bond acceptors (Lipinski definition) is 6. The van der Waals surface area contributed by atoms with Crippen molar-refractivity contribution in [1.82, 2.24) is 10.2 Å². The number of rotatable bonds is 10. The second-order valence-corrected chi connectivity index (χ2v) is 8.76. The molecule has 0 aromatic heterocycles. The maximum absolute atomic E-state index is 12.7. The molecule has 2 N–H and O–H groups in total. The van der Waals surface area contributed by atoms with Crippen LogP contribution in [0.25, 0.3) is 11.1 Å². The van der Waals surface area contributed by atoms with E-state index in [1.54, 1.807) is 30.3 Å². The number of hydrogen-bond donors (Lipinski definition) is 2. The van der Waals surface area contributed by atoms with Gasteiger partial charge in [0.15, 0.2) is 0 Å². The molecule has 0 bridgehead atoms. The minimum absolute atomic E-state index is 0.0663. The maximum atomic E-state index is 12.7. The number of halogens is 1. The van der Waals surface area contributed by atoms with Gasteiger partial charge in [-0.05, 0) is 40.5 Å². The lowest BCUT2D eigenvalue weighted by molar-refractivity contribution is -0.143. The zero-order valence-electron chi connectivity index (χ0n) is 20.8. The summed E-state index contributed by atoms with van der Waals surface area (Å²) in [4.78, 5) is 49.2. The topological polar surface area (TPSA) is 122 Å². The number of amides is 2. The minimum Gasteiger partial charge on any atom is -0.480 e. The van der Waals surface area contributed by atoms with Gasteiger partial charge < -0.3 is 19.9 Å². The molecule has 198 valence electrons. The molecule has 3 rings (SSSR count). The highest BCUT2D eigenvalue weighted by atomic mass is 35.5. The van der Waals surface area contributed by atoms with E-state index in [4.69, 9.17) is 21.4 Å². The van der Waals surface area contributed by atoms with Crippen molar-refractivity contribution in [1.29, 1.82) is 0 Å².